The maximum atomic E-state index is 11.7. The standard InChI is InChI=1S/C10H17N5O3S2/c1-6(7(16)13-8(17)11-2)19-10-15-14-9(20-10)12-4-5-18-3/h6H,4-5H2,1-3H3,(H,12,14)(H2,11,13,16,17). The zero-order valence-electron chi connectivity index (χ0n) is 11.4. The monoisotopic (exact) mass is 319 g/mol. The van der Waals surface area contributed by atoms with E-state index in [0.29, 0.717) is 22.6 Å². The van der Waals surface area contributed by atoms with Crippen LogP contribution in [0.4, 0.5) is 9.93 Å². The topological polar surface area (TPSA) is 105 Å². The van der Waals surface area contributed by atoms with Crippen molar-refractivity contribution in [1.29, 1.82) is 0 Å². The summed E-state index contributed by atoms with van der Waals surface area (Å²) in [4.78, 5) is 22.7. The van der Waals surface area contributed by atoms with E-state index < -0.39 is 11.3 Å². The highest BCUT2D eigenvalue weighted by Crippen LogP contribution is 2.28. The zero-order chi connectivity index (χ0) is 15.0. The number of nitrogens with zero attached hydrogens (tertiary/aromatic N) is 2. The lowest BCUT2D eigenvalue weighted by molar-refractivity contribution is -0.119. The van der Waals surface area contributed by atoms with Gasteiger partial charge in [0.1, 0.15) is 0 Å². The number of thioether (sulfide) groups is 1. The van der Waals surface area contributed by atoms with Crippen LogP contribution in [0.15, 0.2) is 4.34 Å². The molecular weight excluding hydrogens is 302 g/mol. The van der Waals surface area contributed by atoms with Gasteiger partial charge in [0.25, 0.3) is 0 Å². The van der Waals surface area contributed by atoms with Crippen LogP contribution in [0.25, 0.3) is 0 Å². The summed E-state index contributed by atoms with van der Waals surface area (Å²) in [5, 5.41) is 15.7. The highest BCUT2D eigenvalue weighted by molar-refractivity contribution is 8.02. The van der Waals surface area contributed by atoms with Gasteiger partial charge < -0.3 is 15.4 Å². The summed E-state index contributed by atoms with van der Waals surface area (Å²) in [5.41, 5.74) is 0. The Morgan fingerprint density at radius 2 is 2.20 bits per heavy atom. The smallest absolute Gasteiger partial charge is 0.321 e. The SMILES string of the molecule is CNC(=O)NC(=O)C(C)Sc1nnc(NCCOC)s1. The first-order valence-corrected chi connectivity index (χ1v) is 7.52. The summed E-state index contributed by atoms with van der Waals surface area (Å²) in [6, 6.07) is -0.526. The molecule has 10 heteroatoms. The number of carbonyl (C=O) groups excluding carboxylic acids is 2. The van der Waals surface area contributed by atoms with E-state index in [-0.39, 0.29) is 5.91 Å². The Bertz CT molecular complexity index is 454. The molecule has 0 saturated carbocycles. The number of urea groups is 1. The van der Waals surface area contributed by atoms with Crippen LogP contribution < -0.4 is 16.0 Å². The Labute approximate surface area is 125 Å². The summed E-state index contributed by atoms with van der Waals surface area (Å²) < 4.78 is 5.57. The first kappa shape index (κ1) is 16.7. The summed E-state index contributed by atoms with van der Waals surface area (Å²) in [7, 11) is 3.07. The van der Waals surface area contributed by atoms with E-state index in [2.05, 4.69) is 26.1 Å². The van der Waals surface area contributed by atoms with Gasteiger partial charge >= 0.3 is 6.03 Å². The molecule has 1 unspecified atom stereocenters. The summed E-state index contributed by atoms with van der Waals surface area (Å²) >= 11 is 2.59. The predicted molar refractivity (Wildman–Crippen MR) is 78.2 cm³/mol. The number of methoxy groups -OCH3 is 1. The van der Waals surface area contributed by atoms with Gasteiger partial charge in [-0.25, -0.2) is 4.79 Å². The summed E-state index contributed by atoms with van der Waals surface area (Å²) in [6.07, 6.45) is 0. The van der Waals surface area contributed by atoms with Crippen molar-refractivity contribution >= 4 is 40.2 Å². The van der Waals surface area contributed by atoms with Crippen molar-refractivity contribution in [2.24, 2.45) is 0 Å². The van der Waals surface area contributed by atoms with E-state index in [1.165, 1.54) is 30.1 Å². The third kappa shape index (κ3) is 5.72. The van der Waals surface area contributed by atoms with Gasteiger partial charge in [0.05, 0.1) is 11.9 Å². The second-order valence-electron chi connectivity index (χ2n) is 3.62. The number of carbonyl (C=O) groups is 2. The second kappa shape index (κ2) is 8.72. The van der Waals surface area contributed by atoms with Gasteiger partial charge in [-0.15, -0.1) is 10.2 Å². The van der Waals surface area contributed by atoms with Crippen molar-refractivity contribution < 1.29 is 14.3 Å². The van der Waals surface area contributed by atoms with E-state index in [4.69, 9.17) is 4.74 Å². The van der Waals surface area contributed by atoms with Gasteiger partial charge in [-0.2, -0.15) is 0 Å². The Morgan fingerprint density at radius 3 is 2.85 bits per heavy atom. The lowest BCUT2D eigenvalue weighted by Gasteiger charge is -2.08. The maximum Gasteiger partial charge on any atom is 0.321 e. The first-order chi connectivity index (χ1) is 9.56. The van der Waals surface area contributed by atoms with E-state index >= 15 is 0 Å². The third-order valence-corrected chi connectivity index (χ3v) is 4.16. The van der Waals surface area contributed by atoms with Crippen molar-refractivity contribution in [2.75, 3.05) is 32.6 Å². The molecule has 1 aromatic rings. The predicted octanol–water partition coefficient (Wildman–Crippen LogP) is 0.533. The van der Waals surface area contributed by atoms with Gasteiger partial charge in [-0.05, 0) is 6.92 Å². The number of ether oxygens (including phenoxy) is 1. The molecule has 112 valence electrons. The Morgan fingerprint density at radius 1 is 1.45 bits per heavy atom. The molecule has 0 aliphatic carbocycles. The molecule has 0 bridgehead atoms. The number of imide groups is 1. The van der Waals surface area contributed by atoms with E-state index in [0.717, 1.165) is 0 Å². The van der Waals surface area contributed by atoms with Gasteiger partial charge in [0.15, 0.2) is 4.34 Å². The molecule has 0 aliphatic rings. The fourth-order valence-corrected chi connectivity index (χ4v) is 2.99. The van der Waals surface area contributed by atoms with Crippen molar-refractivity contribution in [3.63, 3.8) is 0 Å². The van der Waals surface area contributed by atoms with Crippen LogP contribution in [0.3, 0.4) is 0 Å². The van der Waals surface area contributed by atoms with Crippen LogP contribution in [-0.4, -0.2) is 54.7 Å². The lowest BCUT2D eigenvalue weighted by Crippen LogP contribution is -2.41. The molecule has 0 saturated heterocycles. The summed E-state index contributed by atoms with van der Waals surface area (Å²) in [6.45, 7) is 2.91. The van der Waals surface area contributed by atoms with Crippen molar-refractivity contribution in [3.05, 3.63) is 0 Å². The molecule has 3 N–H and O–H groups in total. The number of rotatable bonds is 7. The largest absolute Gasteiger partial charge is 0.383 e. The van der Waals surface area contributed by atoms with Crippen molar-refractivity contribution in [1.82, 2.24) is 20.8 Å². The fourth-order valence-electron chi connectivity index (χ4n) is 1.07. The minimum absolute atomic E-state index is 0.376. The number of hydrogen-bond acceptors (Lipinski definition) is 8. The van der Waals surface area contributed by atoms with Gasteiger partial charge in [0.2, 0.25) is 11.0 Å². The average molecular weight is 319 g/mol. The number of aromatic nitrogens is 2. The third-order valence-electron chi connectivity index (χ3n) is 2.10. The Balaban J connectivity index is 2.43. The van der Waals surface area contributed by atoms with Gasteiger partial charge in [-0.1, -0.05) is 23.1 Å². The lowest BCUT2D eigenvalue weighted by atomic mass is 10.4. The normalized spacial score (nSPS) is 11.8. The number of anilines is 1. The van der Waals surface area contributed by atoms with Crippen molar-refractivity contribution in [3.8, 4) is 0 Å². The molecule has 0 aliphatic heterocycles. The quantitative estimate of drug-likeness (QED) is 0.497. The van der Waals surface area contributed by atoms with Crippen LogP contribution in [0.1, 0.15) is 6.92 Å². The van der Waals surface area contributed by atoms with E-state index in [9.17, 15) is 9.59 Å². The molecule has 1 rings (SSSR count). The first-order valence-electron chi connectivity index (χ1n) is 5.82. The molecular formula is C10H17N5O3S2. The fraction of sp³-hybridized carbons (Fsp3) is 0.600. The molecule has 20 heavy (non-hydrogen) atoms. The molecule has 1 aromatic heterocycles. The highest BCUT2D eigenvalue weighted by atomic mass is 32.2. The molecule has 8 nitrogen and oxygen atoms in total. The van der Waals surface area contributed by atoms with Crippen LogP contribution in [-0.2, 0) is 9.53 Å². The van der Waals surface area contributed by atoms with Crippen LogP contribution >= 0.6 is 23.1 Å². The van der Waals surface area contributed by atoms with Gasteiger partial charge in [0, 0.05) is 20.7 Å². The Kier molecular flexibility index (Phi) is 7.26. The Hall–Kier alpha value is -1.39. The number of nitrogens with one attached hydrogen (secondary N) is 3. The molecule has 0 radical (unpaired) electrons. The molecule has 0 spiro atoms. The minimum atomic E-state index is -0.526. The molecule has 0 fully saturated rings. The van der Waals surface area contributed by atoms with Crippen LogP contribution in [0.5, 0.6) is 0 Å². The molecule has 3 amide bonds. The van der Waals surface area contributed by atoms with Gasteiger partial charge in [-0.3, -0.25) is 10.1 Å². The van der Waals surface area contributed by atoms with E-state index in [1.807, 2.05) is 0 Å². The molecule has 1 atom stereocenters. The van der Waals surface area contributed by atoms with Crippen molar-refractivity contribution in [2.45, 2.75) is 16.5 Å². The number of hydrogen-bond donors (Lipinski definition) is 3. The summed E-state index contributed by atoms with van der Waals surface area (Å²) in [5.74, 6) is -0.376. The zero-order valence-corrected chi connectivity index (χ0v) is 13.1. The second-order valence-corrected chi connectivity index (χ2v) is 6.19. The van der Waals surface area contributed by atoms with Crippen LogP contribution in [0, 0.1) is 0 Å². The number of amides is 3. The van der Waals surface area contributed by atoms with Crippen LogP contribution in [0.2, 0.25) is 0 Å². The van der Waals surface area contributed by atoms with E-state index in [1.54, 1.807) is 14.0 Å². The minimum Gasteiger partial charge on any atom is -0.383 e. The maximum absolute atomic E-state index is 11.7. The average Bonchev–Trinajstić information content (AvgIpc) is 2.86. The highest BCUT2D eigenvalue weighted by Gasteiger charge is 2.18. The molecule has 0 aromatic carbocycles. The molecule has 1 heterocycles.